The predicted molar refractivity (Wildman–Crippen MR) is 75.8 cm³/mol. The molecule has 0 N–H and O–H groups in total. The van der Waals surface area contributed by atoms with Gasteiger partial charge in [-0.1, -0.05) is 35.9 Å². The van der Waals surface area contributed by atoms with Crippen LogP contribution in [0.25, 0.3) is 11.1 Å². The zero-order chi connectivity index (χ0) is 13.4. The van der Waals surface area contributed by atoms with Crippen LogP contribution in [0.15, 0.2) is 42.5 Å². The number of allylic oxidation sites excluding steroid dienone is 1. The van der Waals surface area contributed by atoms with E-state index in [1.807, 2.05) is 37.3 Å². The van der Waals surface area contributed by atoms with Gasteiger partial charge in [0.15, 0.2) is 0 Å². The van der Waals surface area contributed by atoms with E-state index in [9.17, 15) is 4.39 Å². The molecule has 0 radical (unpaired) electrons. The van der Waals surface area contributed by atoms with E-state index >= 15 is 0 Å². The summed E-state index contributed by atoms with van der Waals surface area (Å²) in [7, 11) is 0. The van der Waals surface area contributed by atoms with E-state index in [4.69, 9.17) is 16.3 Å². The molecule has 1 aliphatic rings. The third kappa shape index (κ3) is 2.13. The molecule has 2 aromatic rings. The number of fused-ring (bicyclic) bond motifs is 1. The Morgan fingerprint density at radius 3 is 2.74 bits per heavy atom. The topological polar surface area (TPSA) is 9.23 Å². The van der Waals surface area contributed by atoms with Crippen molar-refractivity contribution in [2.45, 2.75) is 6.92 Å². The zero-order valence-electron chi connectivity index (χ0n) is 10.4. The van der Waals surface area contributed by atoms with Gasteiger partial charge in [-0.25, -0.2) is 4.39 Å². The minimum absolute atomic E-state index is 0.138. The molecule has 3 rings (SSSR count). The first kappa shape index (κ1) is 12.2. The maximum absolute atomic E-state index is 13.6. The molecule has 3 heteroatoms. The van der Waals surface area contributed by atoms with Crippen LogP contribution in [-0.4, -0.2) is 6.61 Å². The Labute approximate surface area is 116 Å². The monoisotopic (exact) mass is 274 g/mol. The summed E-state index contributed by atoms with van der Waals surface area (Å²) in [6.45, 7) is 2.48. The SMILES string of the molecule is CC1=C(c2ccc(Cl)c(F)c2)COc2ccccc21. The number of halogens is 2. The van der Waals surface area contributed by atoms with Gasteiger partial charge in [-0.2, -0.15) is 0 Å². The number of hydrogen-bond donors (Lipinski definition) is 0. The molecule has 1 nitrogen and oxygen atoms in total. The number of ether oxygens (including phenoxy) is 1. The molecule has 0 fully saturated rings. The minimum Gasteiger partial charge on any atom is -0.488 e. The number of hydrogen-bond acceptors (Lipinski definition) is 1. The Kier molecular flexibility index (Phi) is 3.03. The Hall–Kier alpha value is -1.80. The molecule has 0 spiro atoms. The number of para-hydroxylation sites is 1. The fourth-order valence-electron chi connectivity index (χ4n) is 2.31. The van der Waals surface area contributed by atoms with Gasteiger partial charge in [0, 0.05) is 11.1 Å². The van der Waals surface area contributed by atoms with Gasteiger partial charge in [0.25, 0.3) is 0 Å². The van der Waals surface area contributed by atoms with Gasteiger partial charge in [0.1, 0.15) is 18.2 Å². The van der Waals surface area contributed by atoms with Gasteiger partial charge in [-0.3, -0.25) is 0 Å². The quantitative estimate of drug-likeness (QED) is 0.726. The van der Waals surface area contributed by atoms with Crippen molar-refractivity contribution in [1.82, 2.24) is 0 Å². The maximum Gasteiger partial charge on any atom is 0.142 e. The van der Waals surface area contributed by atoms with Crippen LogP contribution in [-0.2, 0) is 0 Å². The largest absolute Gasteiger partial charge is 0.488 e. The van der Waals surface area contributed by atoms with E-state index in [1.165, 1.54) is 6.07 Å². The minimum atomic E-state index is -0.404. The van der Waals surface area contributed by atoms with E-state index in [1.54, 1.807) is 6.07 Å². The first-order valence-electron chi connectivity index (χ1n) is 6.04. The second-order valence-electron chi connectivity index (χ2n) is 4.52. The van der Waals surface area contributed by atoms with Gasteiger partial charge in [0.2, 0.25) is 0 Å². The van der Waals surface area contributed by atoms with E-state index < -0.39 is 5.82 Å². The van der Waals surface area contributed by atoms with Crippen molar-refractivity contribution < 1.29 is 9.13 Å². The Morgan fingerprint density at radius 2 is 1.95 bits per heavy atom. The van der Waals surface area contributed by atoms with Crippen molar-refractivity contribution in [3.63, 3.8) is 0 Å². The fraction of sp³-hybridized carbons (Fsp3) is 0.125. The Balaban J connectivity index is 2.13. The summed E-state index contributed by atoms with van der Waals surface area (Å²) in [6.07, 6.45) is 0. The predicted octanol–water partition coefficient (Wildman–Crippen LogP) is 4.80. The molecule has 0 aliphatic carbocycles. The lowest BCUT2D eigenvalue weighted by Gasteiger charge is -2.22. The van der Waals surface area contributed by atoms with E-state index in [-0.39, 0.29) is 5.02 Å². The molecule has 0 bridgehead atoms. The molecule has 0 saturated heterocycles. The lowest BCUT2D eigenvalue weighted by molar-refractivity contribution is 0.364. The lowest BCUT2D eigenvalue weighted by Crippen LogP contribution is -2.09. The second kappa shape index (κ2) is 4.71. The van der Waals surface area contributed by atoms with E-state index in [2.05, 4.69) is 0 Å². The van der Waals surface area contributed by atoms with Gasteiger partial charge in [0.05, 0.1) is 5.02 Å². The molecule has 2 aromatic carbocycles. The van der Waals surface area contributed by atoms with Gasteiger partial charge in [-0.05, 0) is 36.3 Å². The fourth-order valence-corrected chi connectivity index (χ4v) is 2.42. The summed E-state index contributed by atoms with van der Waals surface area (Å²) in [6, 6.07) is 12.7. The van der Waals surface area contributed by atoms with Crippen LogP contribution in [0.2, 0.25) is 5.02 Å². The van der Waals surface area contributed by atoms with Gasteiger partial charge < -0.3 is 4.74 Å². The molecule has 96 valence electrons. The first-order valence-corrected chi connectivity index (χ1v) is 6.42. The normalized spacial score (nSPS) is 14.1. The molecule has 0 amide bonds. The summed E-state index contributed by atoms with van der Waals surface area (Å²) in [5, 5.41) is 0.138. The highest BCUT2D eigenvalue weighted by Crippen LogP contribution is 2.37. The molecular weight excluding hydrogens is 263 g/mol. The average Bonchev–Trinajstić information content (AvgIpc) is 2.43. The van der Waals surface area contributed by atoms with Crippen LogP contribution in [0.3, 0.4) is 0 Å². The lowest BCUT2D eigenvalue weighted by atomic mass is 9.94. The van der Waals surface area contributed by atoms with Crippen molar-refractivity contribution in [1.29, 1.82) is 0 Å². The number of benzene rings is 2. The van der Waals surface area contributed by atoms with Crippen LogP contribution in [0.4, 0.5) is 4.39 Å². The summed E-state index contributed by atoms with van der Waals surface area (Å²) in [5.41, 5.74) is 3.98. The Morgan fingerprint density at radius 1 is 1.16 bits per heavy atom. The third-order valence-electron chi connectivity index (χ3n) is 3.38. The highest BCUT2D eigenvalue weighted by molar-refractivity contribution is 6.30. The summed E-state index contributed by atoms with van der Waals surface area (Å²) in [5.74, 6) is 0.469. The van der Waals surface area contributed by atoms with Crippen molar-refractivity contribution in [2.24, 2.45) is 0 Å². The zero-order valence-corrected chi connectivity index (χ0v) is 11.2. The molecule has 0 atom stereocenters. The van der Waals surface area contributed by atoms with Crippen LogP contribution >= 0.6 is 11.6 Å². The molecule has 0 saturated carbocycles. The van der Waals surface area contributed by atoms with Crippen molar-refractivity contribution in [3.05, 3.63) is 64.4 Å². The molecule has 1 aliphatic heterocycles. The van der Waals surface area contributed by atoms with Crippen molar-refractivity contribution >= 4 is 22.7 Å². The average molecular weight is 275 g/mol. The highest BCUT2D eigenvalue weighted by atomic mass is 35.5. The smallest absolute Gasteiger partial charge is 0.142 e. The summed E-state index contributed by atoms with van der Waals surface area (Å²) in [4.78, 5) is 0. The van der Waals surface area contributed by atoms with Crippen LogP contribution in [0.1, 0.15) is 18.1 Å². The molecule has 19 heavy (non-hydrogen) atoms. The Bertz CT molecular complexity index is 676. The van der Waals surface area contributed by atoms with Gasteiger partial charge >= 0.3 is 0 Å². The molecular formula is C16H12ClFO. The molecule has 0 aromatic heterocycles. The maximum atomic E-state index is 13.6. The first-order chi connectivity index (χ1) is 9.16. The van der Waals surface area contributed by atoms with Crippen LogP contribution in [0.5, 0.6) is 5.75 Å². The van der Waals surface area contributed by atoms with Crippen molar-refractivity contribution in [3.8, 4) is 5.75 Å². The third-order valence-corrected chi connectivity index (χ3v) is 3.69. The summed E-state index contributed by atoms with van der Waals surface area (Å²) < 4.78 is 19.3. The van der Waals surface area contributed by atoms with Crippen LogP contribution in [0, 0.1) is 5.82 Å². The standard InChI is InChI=1S/C16H12ClFO/c1-10-12-4-2-3-5-16(12)19-9-13(10)11-6-7-14(17)15(18)8-11/h2-8H,9H2,1H3. The van der Waals surface area contributed by atoms with Crippen LogP contribution < -0.4 is 4.74 Å². The molecule has 1 heterocycles. The second-order valence-corrected chi connectivity index (χ2v) is 4.92. The van der Waals surface area contributed by atoms with E-state index in [0.717, 1.165) is 28.0 Å². The summed E-state index contributed by atoms with van der Waals surface area (Å²) >= 11 is 5.71. The van der Waals surface area contributed by atoms with Crippen molar-refractivity contribution in [2.75, 3.05) is 6.61 Å². The highest BCUT2D eigenvalue weighted by Gasteiger charge is 2.18. The molecule has 0 unspecified atom stereocenters. The number of rotatable bonds is 1. The van der Waals surface area contributed by atoms with Gasteiger partial charge in [-0.15, -0.1) is 0 Å². The van der Waals surface area contributed by atoms with E-state index in [0.29, 0.717) is 6.61 Å².